The normalized spacial score (nSPS) is 11.4. The van der Waals surface area contributed by atoms with Crippen LogP contribution in [0.4, 0.5) is 0 Å². The second-order valence-corrected chi connectivity index (χ2v) is 8.38. The van der Waals surface area contributed by atoms with Crippen molar-refractivity contribution in [3.05, 3.63) is 108 Å². The topological polar surface area (TPSA) is 68.0 Å². The Hall–Kier alpha value is -4.12. The van der Waals surface area contributed by atoms with E-state index in [4.69, 9.17) is 10.1 Å². The van der Waals surface area contributed by atoms with Crippen LogP contribution >= 0.6 is 0 Å². The molecule has 3 aromatic heterocycles. The molecule has 5 nitrogen and oxygen atoms in total. The monoisotopic (exact) mass is 647 g/mol. The van der Waals surface area contributed by atoms with E-state index in [1.807, 2.05) is 6.07 Å². The van der Waals surface area contributed by atoms with Crippen LogP contribution in [0.3, 0.4) is 0 Å². The van der Waals surface area contributed by atoms with Crippen LogP contribution in [0.2, 0.25) is 0 Å². The molecule has 1 aliphatic carbocycles. The summed E-state index contributed by atoms with van der Waals surface area (Å²) in [4.78, 5) is 18.7. The number of aromatic carboxylic acids is 1. The van der Waals surface area contributed by atoms with Crippen LogP contribution in [0.25, 0.3) is 56.1 Å². The molecule has 3 heterocycles. The summed E-state index contributed by atoms with van der Waals surface area (Å²) in [5.41, 5.74) is 8.08. The maximum absolute atomic E-state index is 10.1. The Morgan fingerprint density at radius 1 is 0.917 bits per heavy atom. The Labute approximate surface area is 221 Å². The molecule has 0 saturated carbocycles. The molecule has 1 radical (unpaired) electrons. The second kappa shape index (κ2) is 9.50. The zero-order valence-corrected chi connectivity index (χ0v) is 21.7. The van der Waals surface area contributed by atoms with Gasteiger partial charge in [-0.15, -0.1) is 23.8 Å². The van der Waals surface area contributed by atoms with Crippen molar-refractivity contribution in [1.82, 2.24) is 14.5 Å². The molecule has 0 spiro atoms. The van der Waals surface area contributed by atoms with E-state index in [2.05, 4.69) is 89.4 Å². The fraction of sp³-hybridized carbons (Fsp3) is 0.0333. The SMILES string of the molecule is Cn1c2ccccc2c2cc[c-]c(-c3cc4c5c(cccc5n3)C=C4)c21.O=C(O)c1ccccn1.[Ir]. The third-order valence-corrected chi connectivity index (χ3v) is 6.34. The van der Waals surface area contributed by atoms with Gasteiger partial charge in [0.1, 0.15) is 5.69 Å². The number of fused-ring (bicyclic) bond motifs is 3. The number of hydrogen-bond acceptors (Lipinski definition) is 3. The Balaban J connectivity index is 0.000000229. The Morgan fingerprint density at radius 3 is 2.50 bits per heavy atom. The van der Waals surface area contributed by atoms with E-state index >= 15 is 0 Å². The standard InChI is InChI=1S/C24H15N2.C6H5NO2.Ir/c1-26-22-11-3-2-7-17(22)18-8-5-9-19(24(18)26)21-14-16-13-12-15-6-4-10-20(25-21)23(15)16;8-6(9)5-3-1-2-4-7-5;/h2-8,10-14H,1H3;1-4H,(H,8,9);/q-1;;. The Bertz CT molecular complexity index is 1790. The second-order valence-electron chi connectivity index (χ2n) is 8.38. The van der Waals surface area contributed by atoms with Gasteiger partial charge in [0.05, 0.1) is 5.52 Å². The van der Waals surface area contributed by atoms with Gasteiger partial charge in [-0.1, -0.05) is 60.0 Å². The molecular weight excluding hydrogens is 627 g/mol. The van der Waals surface area contributed by atoms with Crippen molar-refractivity contribution in [2.24, 2.45) is 7.05 Å². The van der Waals surface area contributed by atoms with Crippen molar-refractivity contribution < 1.29 is 30.0 Å². The first kappa shape index (κ1) is 23.6. The fourth-order valence-corrected chi connectivity index (χ4v) is 4.78. The van der Waals surface area contributed by atoms with Crippen LogP contribution in [0.15, 0.2) is 85.1 Å². The van der Waals surface area contributed by atoms with E-state index in [-0.39, 0.29) is 25.8 Å². The van der Waals surface area contributed by atoms with E-state index in [1.54, 1.807) is 12.1 Å². The van der Waals surface area contributed by atoms with Crippen LogP contribution in [0.5, 0.6) is 0 Å². The van der Waals surface area contributed by atoms with Crippen LogP contribution < -0.4 is 0 Å². The molecule has 0 fully saturated rings. The number of benzene rings is 3. The predicted octanol–water partition coefficient (Wildman–Crippen LogP) is 6.61. The molecule has 0 aliphatic heterocycles. The molecule has 1 aliphatic rings. The van der Waals surface area contributed by atoms with Gasteiger partial charge in [0.2, 0.25) is 0 Å². The minimum absolute atomic E-state index is 0. The van der Waals surface area contributed by atoms with Gasteiger partial charge in [-0.25, -0.2) is 9.78 Å². The van der Waals surface area contributed by atoms with Gasteiger partial charge in [-0.3, -0.25) is 4.98 Å². The number of nitrogens with zero attached hydrogens (tertiary/aromatic N) is 3. The van der Waals surface area contributed by atoms with Gasteiger partial charge >= 0.3 is 5.97 Å². The largest absolute Gasteiger partial charge is 0.477 e. The van der Waals surface area contributed by atoms with Crippen molar-refractivity contribution in [2.75, 3.05) is 0 Å². The first-order chi connectivity index (χ1) is 17.1. The summed E-state index contributed by atoms with van der Waals surface area (Å²) in [6.45, 7) is 0. The average molecular weight is 647 g/mol. The van der Waals surface area contributed by atoms with Crippen molar-refractivity contribution in [2.45, 2.75) is 0 Å². The summed E-state index contributed by atoms with van der Waals surface area (Å²) in [6, 6.07) is 29.4. The van der Waals surface area contributed by atoms with E-state index < -0.39 is 5.97 Å². The van der Waals surface area contributed by atoms with Crippen molar-refractivity contribution in [3.8, 4) is 11.3 Å². The fourth-order valence-electron chi connectivity index (χ4n) is 4.78. The first-order valence-corrected chi connectivity index (χ1v) is 11.3. The number of hydrogen-bond donors (Lipinski definition) is 1. The van der Waals surface area contributed by atoms with Gasteiger partial charge in [0, 0.05) is 44.3 Å². The van der Waals surface area contributed by atoms with E-state index in [0.29, 0.717) is 0 Å². The molecule has 1 N–H and O–H groups in total. The van der Waals surface area contributed by atoms with Crippen LogP contribution in [0.1, 0.15) is 21.6 Å². The summed E-state index contributed by atoms with van der Waals surface area (Å²) in [6.07, 6.45) is 5.80. The first-order valence-electron chi connectivity index (χ1n) is 11.3. The summed E-state index contributed by atoms with van der Waals surface area (Å²) in [7, 11) is 2.13. The Morgan fingerprint density at radius 2 is 1.72 bits per heavy atom. The number of aryl methyl sites for hydroxylation is 1. The number of para-hydroxylation sites is 1. The number of aromatic nitrogens is 3. The molecule has 7 rings (SSSR count). The molecule has 3 aromatic carbocycles. The molecular formula is C30H20IrN3O2-. The molecule has 177 valence electrons. The van der Waals surface area contributed by atoms with Gasteiger partial charge < -0.3 is 9.67 Å². The number of carbonyl (C=O) groups is 1. The predicted molar refractivity (Wildman–Crippen MR) is 140 cm³/mol. The zero-order chi connectivity index (χ0) is 23.9. The maximum Gasteiger partial charge on any atom is 0.354 e. The zero-order valence-electron chi connectivity index (χ0n) is 19.3. The van der Waals surface area contributed by atoms with E-state index in [9.17, 15) is 4.79 Å². The molecule has 36 heavy (non-hydrogen) atoms. The number of carboxylic acids is 1. The van der Waals surface area contributed by atoms with Crippen molar-refractivity contribution in [3.63, 3.8) is 0 Å². The molecule has 0 unspecified atom stereocenters. The number of pyridine rings is 2. The third kappa shape index (κ3) is 3.91. The number of carboxylic acid groups (broad SMARTS) is 1. The van der Waals surface area contributed by atoms with Crippen LogP contribution in [0, 0.1) is 6.07 Å². The molecule has 0 saturated heterocycles. The minimum Gasteiger partial charge on any atom is -0.477 e. The van der Waals surface area contributed by atoms with Gasteiger partial charge in [0.15, 0.2) is 0 Å². The van der Waals surface area contributed by atoms with Gasteiger partial charge in [-0.2, -0.15) is 0 Å². The Kier molecular flexibility index (Phi) is 6.23. The molecule has 6 aromatic rings. The molecule has 0 amide bonds. The third-order valence-electron chi connectivity index (χ3n) is 6.34. The smallest absolute Gasteiger partial charge is 0.354 e. The summed E-state index contributed by atoms with van der Waals surface area (Å²) in [5, 5.41) is 12.1. The van der Waals surface area contributed by atoms with E-state index in [1.165, 1.54) is 50.6 Å². The molecule has 6 heteroatoms. The van der Waals surface area contributed by atoms with E-state index in [0.717, 1.165) is 16.8 Å². The molecule has 0 atom stereocenters. The van der Waals surface area contributed by atoms with Crippen molar-refractivity contribution >= 4 is 50.8 Å². The van der Waals surface area contributed by atoms with Gasteiger partial charge in [-0.05, 0) is 52.0 Å². The van der Waals surface area contributed by atoms with Crippen molar-refractivity contribution in [1.29, 1.82) is 0 Å². The maximum atomic E-state index is 10.1. The van der Waals surface area contributed by atoms with Gasteiger partial charge in [0.25, 0.3) is 0 Å². The summed E-state index contributed by atoms with van der Waals surface area (Å²) >= 11 is 0. The summed E-state index contributed by atoms with van der Waals surface area (Å²) in [5.74, 6) is -0.990. The summed E-state index contributed by atoms with van der Waals surface area (Å²) < 4.78 is 2.26. The van der Waals surface area contributed by atoms with Crippen LogP contribution in [-0.2, 0) is 27.2 Å². The minimum atomic E-state index is -0.990. The van der Waals surface area contributed by atoms with Crippen LogP contribution in [-0.4, -0.2) is 25.6 Å². The number of rotatable bonds is 2. The average Bonchev–Trinajstić information content (AvgIpc) is 3.45. The quantitative estimate of drug-likeness (QED) is 0.215. The molecule has 0 bridgehead atoms.